The Bertz CT molecular complexity index is 483. The van der Waals surface area contributed by atoms with Gasteiger partial charge in [0.25, 0.3) is 0 Å². The zero-order valence-electron chi connectivity index (χ0n) is 13.0. The third kappa shape index (κ3) is 5.24. The first kappa shape index (κ1) is 16.6. The minimum atomic E-state index is -0.0475. The van der Waals surface area contributed by atoms with Crippen LogP contribution in [0.15, 0.2) is 30.3 Å². The molecule has 0 N–H and O–H groups in total. The molecule has 1 aromatic rings. The van der Waals surface area contributed by atoms with Crippen molar-refractivity contribution in [1.29, 1.82) is 0 Å². The summed E-state index contributed by atoms with van der Waals surface area (Å²) in [6.07, 6.45) is 1.29. The third-order valence-electron chi connectivity index (χ3n) is 3.68. The van der Waals surface area contributed by atoms with Crippen LogP contribution in [0.2, 0.25) is 0 Å². The molecule has 120 valence electrons. The molecule has 0 aliphatic carbocycles. The smallest absolute Gasteiger partial charge is 0.222 e. The van der Waals surface area contributed by atoms with Gasteiger partial charge in [-0.25, -0.2) is 0 Å². The number of rotatable bonds is 7. The third-order valence-corrected chi connectivity index (χ3v) is 3.68. The van der Waals surface area contributed by atoms with Crippen molar-refractivity contribution in [2.75, 3.05) is 33.4 Å². The Kier molecular flexibility index (Phi) is 6.55. The molecule has 0 unspecified atom stereocenters. The highest BCUT2D eigenvalue weighted by molar-refractivity contribution is 5.96. The summed E-state index contributed by atoms with van der Waals surface area (Å²) in [5, 5.41) is 0. The normalized spacial score (nSPS) is 18.0. The van der Waals surface area contributed by atoms with Crippen LogP contribution in [-0.2, 0) is 14.3 Å². The van der Waals surface area contributed by atoms with Crippen molar-refractivity contribution < 1.29 is 19.1 Å². The van der Waals surface area contributed by atoms with E-state index >= 15 is 0 Å². The van der Waals surface area contributed by atoms with Gasteiger partial charge in [-0.1, -0.05) is 30.3 Å². The second kappa shape index (κ2) is 8.66. The first-order chi connectivity index (χ1) is 10.7. The molecule has 1 amide bonds. The predicted molar refractivity (Wildman–Crippen MR) is 82.8 cm³/mol. The number of Topliss-reactive ketones (excluding diaryl/α,β-unsaturated/α-hetero) is 1. The molecule has 2 rings (SSSR count). The first-order valence-electron chi connectivity index (χ1n) is 7.68. The molecule has 5 heteroatoms. The number of carbonyl (C=O) groups excluding carboxylic acids is 2. The zero-order valence-corrected chi connectivity index (χ0v) is 13.0. The molecule has 22 heavy (non-hydrogen) atoms. The number of amides is 1. The molecule has 0 radical (unpaired) electrons. The lowest BCUT2D eigenvalue weighted by Gasteiger charge is -2.27. The topological polar surface area (TPSA) is 55.8 Å². The fourth-order valence-electron chi connectivity index (χ4n) is 2.41. The molecule has 1 aliphatic rings. The predicted octanol–water partition coefficient (Wildman–Crippen LogP) is 1.91. The Labute approximate surface area is 131 Å². The maximum Gasteiger partial charge on any atom is 0.222 e. The van der Waals surface area contributed by atoms with Gasteiger partial charge in [-0.15, -0.1) is 0 Å². The van der Waals surface area contributed by atoms with Gasteiger partial charge in [0.1, 0.15) is 0 Å². The van der Waals surface area contributed by atoms with Crippen molar-refractivity contribution >= 4 is 11.7 Å². The number of carbonyl (C=O) groups is 2. The second-order valence-electron chi connectivity index (χ2n) is 5.48. The fourth-order valence-corrected chi connectivity index (χ4v) is 2.41. The molecule has 0 saturated carbocycles. The van der Waals surface area contributed by atoms with Crippen molar-refractivity contribution in [2.24, 2.45) is 0 Å². The molecule has 5 nitrogen and oxygen atoms in total. The number of nitrogens with zero attached hydrogens (tertiary/aromatic N) is 1. The Balaban J connectivity index is 1.67. The Morgan fingerprint density at radius 2 is 1.95 bits per heavy atom. The van der Waals surface area contributed by atoms with E-state index in [1.54, 1.807) is 24.1 Å². The lowest BCUT2D eigenvalue weighted by atomic mass is 10.1. The number of likely N-dealkylation sites (N-methyl/N-ethyl adjacent to an activating group) is 1. The molecule has 0 spiro atoms. The van der Waals surface area contributed by atoms with Crippen LogP contribution >= 0.6 is 0 Å². The van der Waals surface area contributed by atoms with Crippen LogP contribution in [0.5, 0.6) is 0 Å². The molecule has 1 heterocycles. The van der Waals surface area contributed by atoms with Crippen LogP contribution < -0.4 is 0 Å². The minimum absolute atomic E-state index is 0.0371. The van der Waals surface area contributed by atoms with E-state index in [0.29, 0.717) is 51.2 Å². The van der Waals surface area contributed by atoms with Crippen LogP contribution in [0.4, 0.5) is 0 Å². The van der Waals surface area contributed by atoms with Crippen LogP contribution in [0.25, 0.3) is 0 Å². The molecule has 0 aromatic heterocycles. The molecule has 1 aliphatic heterocycles. The summed E-state index contributed by atoms with van der Waals surface area (Å²) in [7, 11) is 1.76. The molecule has 1 atom stereocenters. The van der Waals surface area contributed by atoms with E-state index in [0.717, 1.165) is 0 Å². The average Bonchev–Trinajstić information content (AvgIpc) is 2.56. The van der Waals surface area contributed by atoms with E-state index in [4.69, 9.17) is 9.47 Å². The van der Waals surface area contributed by atoms with Crippen molar-refractivity contribution in [1.82, 2.24) is 4.90 Å². The highest BCUT2D eigenvalue weighted by atomic mass is 16.6. The quantitative estimate of drug-likeness (QED) is 0.722. The van der Waals surface area contributed by atoms with Gasteiger partial charge < -0.3 is 14.4 Å². The first-order valence-corrected chi connectivity index (χ1v) is 7.68. The molecule has 1 saturated heterocycles. The number of hydrogen-bond donors (Lipinski definition) is 0. The lowest BCUT2D eigenvalue weighted by Crippen LogP contribution is -2.40. The fraction of sp³-hybridized carbons (Fsp3) is 0.529. The molecular formula is C17H23NO4. The van der Waals surface area contributed by atoms with Crippen molar-refractivity contribution in [3.8, 4) is 0 Å². The van der Waals surface area contributed by atoms with Gasteiger partial charge >= 0.3 is 0 Å². The van der Waals surface area contributed by atoms with Crippen LogP contribution in [-0.4, -0.2) is 56.1 Å². The Morgan fingerprint density at radius 3 is 2.64 bits per heavy atom. The standard InChI is InChI=1S/C17H23NO4/c1-18(12-15-13-21-10-11-22-15)17(20)9-5-8-16(19)14-6-3-2-4-7-14/h2-4,6-7,15H,5,8-13H2,1H3/t15-/m0/s1. The van der Waals surface area contributed by atoms with Crippen LogP contribution in [0.3, 0.4) is 0 Å². The summed E-state index contributed by atoms with van der Waals surface area (Å²) in [5.74, 6) is 0.120. The van der Waals surface area contributed by atoms with Gasteiger partial charge in [-0.2, -0.15) is 0 Å². The SMILES string of the molecule is CN(C[C@H]1COCCO1)C(=O)CCCC(=O)c1ccccc1. The van der Waals surface area contributed by atoms with E-state index < -0.39 is 0 Å². The average molecular weight is 305 g/mol. The highest BCUT2D eigenvalue weighted by Gasteiger charge is 2.19. The van der Waals surface area contributed by atoms with Gasteiger partial charge in [0.05, 0.1) is 25.9 Å². The second-order valence-corrected chi connectivity index (χ2v) is 5.48. The summed E-state index contributed by atoms with van der Waals surface area (Å²) in [5.41, 5.74) is 0.705. The minimum Gasteiger partial charge on any atom is -0.376 e. The maximum atomic E-state index is 12.1. The Morgan fingerprint density at radius 1 is 1.18 bits per heavy atom. The maximum absolute atomic E-state index is 12.1. The molecular weight excluding hydrogens is 282 g/mol. The Hall–Kier alpha value is -1.72. The van der Waals surface area contributed by atoms with Crippen LogP contribution in [0.1, 0.15) is 29.6 Å². The van der Waals surface area contributed by atoms with Gasteiger partial charge in [0.15, 0.2) is 5.78 Å². The summed E-state index contributed by atoms with van der Waals surface area (Å²) in [6, 6.07) is 9.18. The summed E-state index contributed by atoms with van der Waals surface area (Å²) < 4.78 is 10.8. The zero-order chi connectivity index (χ0) is 15.8. The van der Waals surface area contributed by atoms with Gasteiger partial charge in [-0.3, -0.25) is 9.59 Å². The number of ether oxygens (including phenoxy) is 2. The largest absolute Gasteiger partial charge is 0.376 e. The van der Waals surface area contributed by atoms with E-state index in [-0.39, 0.29) is 17.8 Å². The van der Waals surface area contributed by atoms with Crippen molar-refractivity contribution in [2.45, 2.75) is 25.4 Å². The molecule has 1 aromatic carbocycles. The van der Waals surface area contributed by atoms with Gasteiger partial charge in [0, 0.05) is 32.0 Å². The highest BCUT2D eigenvalue weighted by Crippen LogP contribution is 2.09. The summed E-state index contributed by atoms with van der Waals surface area (Å²) in [4.78, 5) is 25.7. The van der Waals surface area contributed by atoms with Crippen LogP contribution in [0, 0.1) is 0 Å². The van der Waals surface area contributed by atoms with Crippen molar-refractivity contribution in [3.05, 3.63) is 35.9 Å². The number of ketones is 1. The van der Waals surface area contributed by atoms with E-state index in [2.05, 4.69) is 0 Å². The lowest BCUT2D eigenvalue weighted by molar-refractivity contribution is -0.136. The summed E-state index contributed by atoms with van der Waals surface area (Å²) >= 11 is 0. The van der Waals surface area contributed by atoms with Gasteiger partial charge in [0.2, 0.25) is 5.91 Å². The van der Waals surface area contributed by atoms with E-state index in [1.165, 1.54) is 0 Å². The number of hydrogen-bond acceptors (Lipinski definition) is 4. The summed E-state index contributed by atoms with van der Waals surface area (Å²) in [6.45, 7) is 2.27. The molecule has 1 fully saturated rings. The monoisotopic (exact) mass is 305 g/mol. The van der Waals surface area contributed by atoms with E-state index in [9.17, 15) is 9.59 Å². The van der Waals surface area contributed by atoms with Crippen molar-refractivity contribution in [3.63, 3.8) is 0 Å². The molecule has 0 bridgehead atoms. The van der Waals surface area contributed by atoms with Gasteiger partial charge in [-0.05, 0) is 6.42 Å². The van der Waals surface area contributed by atoms with E-state index in [1.807, 2.05) is 18.2 Å². The number of benzene rings is 1.